The van der Waals surface area contributed by atoms with Crippen LogP contribution in [0.1, 0.15) is 6.42 Å². The van der Waals surface area contributed by atoms with Crippen LogP contribution in [-0.4, -0.2) is 0 Å². The smallest absolute Gasteiger partial charge is 0.0314 e. The molecule has 2 rings (SSSR count). The predicted octanol–water partition coefficient (Wildman–Crippen LogP) is 2.35. The summed E-state index contributed by atoms with van der Waals surface area (Å²) in [4.78, 5) is 0.944. The predicted molar refractivity (Wildman–Crippen MR) is 64.1 cm³/mol. The van der Waals surface area contributed by atoms with Gasteiger partial charge in [0, 0.05) is 16.3 Å². The van der Waals surface area contributed by atoms with Gasteiger partial charge in [0.1, 0.15) is 0 Å². The number of nitrogens with two attached hydrogens (primary N) is 2. The minimum atomic E-state index is 0.780. The second kappa shape index (κ2) is 5.40. The van der Waals surface area contributed by atoms with E-state index in [2.05, 4.69) is 12.6 Å². The third-order valence-electron chi connectivity index (χ3n) is 1.69. The van der Waals surface area contributed by atoms with Crippen LogP contribution in [-0.2, 0) is 0 Å². The van der Waals surface area contributed by atoms with Gasteiger partial charge in [-0.2, -0.15) is 0 Å². The molecule has 2 nitrogen and oxygen atoms in total. The minimum absolute atomic E-state index is 0.780. The molecule has 0 radical (unpaired) electrons. The fourth-order valence-electron chi connectivity index (χ4n) is 0.951. The van der Waals surface area contributed by atoms with E-state index >= 15 is 0 Å². The van der Waals surface area contributed by atoms with Crippen molar-refractivity contribution in [3.63, 3.8) is 0 Å². The maximum Gasteiger partial charge on any atom is 0.0314 e. The summed E-state index contributed by atoms with van der Waals surface area (Å²) in [6.07, 6.45) is 6.96. The highest BCUT2D eigenvalue weighted by Crippen LogP contribution is 2.07. The van der Waals surface area contributed by atoms with Crippen LogP contribution in [0, 0.1) is 0 Å². The third-order valence-corrected chi connectivity index (χ3v) is 1.99. The van der Waals surface area contributed by atoms with Crippen molar-refractivity contribution in [2.45, 2.75) is 11.3 Å². The Hall–Kier alpha value is -1.35. The van der Waals surface area contributed by atoms with Crippen molar-refractivity contribution in [1.82, 2.24) is 0 Å². The number of rotatable bonds is 0. The van der Waals surface area contributed by atoms with Crippen LogP contribution in [0.2, 0.25) is 0 Å². The zero-order valence-corrected chi connectivity index (χ0v) is 8.74. The maximum absolute atomic E-state index is 5.39. The molecule has 1 aliphatic carbocycles. The van der Waals surface area contributed by atoms with E-state index in [0.717, 1.165) is 22.7 Å². The maximum atomic E-state index is 5.39. The minimum Gasteiger partial charge on any atom is -0.399 e. The number of anilines is 1. The van der Waals surface area contributed by atoms with Crippen molar-refractivity contribution >= 4 is 18.3 Å². The van der Waals surface area contributed by atoms with Crippen LogP contribution < -0.4 is 11.5 Å². The molecule has 14 heavy (non-hydrogen) atoms. The summed E-state index contributed by atoms with van der Waals surface area (Å²) in [6.45, 7) is 0. The first-order valence-electron chi connectivity index (χ1n) is 4.35. The second-order valence-corrected chi connectivity index (χ2v) is 3.45. The van der Waals surface area contributed by atoms with Crippen molar-refractivity contribution in [2.24, 2.45) is 5.73 Å². The van der Waals surface area contributed by atoms with E-state index in [-0.39, 0.29) is 0 Å². The van der Waals surface area contributed by atoms with Gasteiger partial charge in [0.15, 0.2) is 0 Å². The molecule has 0 saturated heterocycles. The van der Waals surface area contributed by atoms with Crippen LogP contribution in [0.4, 0.5) is 5.69 Å². The first kappa shape index (κ1) is 10.7. The number of hydrogen-bond donors (Lipinski definition) is 3. The average Bonchev–Trinajstić information content (AvgIpc) is 2.63. The topological polar surface area (TPSA) is 52.0 Å². The van der Waals surface area contributed by atoms with Crippen LogP contribution in [0.15, 0.2) is 53.1 Å². The average molecular weight is 206 g/mol. The summed E-state index contributed by atoms with van der Waals surface area (Å²) in [5.74, 6) is 0. The molecule has 1 aromatic carbocycles. The molecular formula is C11H14N2S. The van der Waals surface area contributed by atoms with Crippen LogP contribution in [0.5, 0.6) is 0 Å². The molecule has 74 valence electrons. The fraction of sp³-hybridized carbons (Fsp3) is 0.0909. The van der Waals surface area contributed by atoms with E-state index in [1.807, 2.05) is 42.5 Å². The van der Waals surface area contributed by atoms with Gasteiger partial charge in [0.05, 0.1) is 0 Å². The van der Waals surface area contributed by atoms with Crippen molar-refractivity contribution in [3.8, 4) is 0 Å². The monoisotopic (exact) mass is 206 g/mol. The van der Waals surface area contributed by atoms with Crippen LogP contribution in [0.25, 0.3) is 0 Å². The largest absolute Gasteiger partial charge is 0.399 e. The van der Waals surface area contributed by atoms with Gasteiger partial charge in [-0.1, -0.05) is 12.2 Å². The Morgan fingerprint density at radius 1 is 1.07 bits per heavy atom. The van der Waals surface area contributed by atoms with Crippen LogP contribution in [0.3, 0.4) is 0 Å². The molecule has 0 heterocycles. The Morgan fingerprint density at radius 3 is 2.00 bits per heavy atom. The Bertz CT molecular complexity index is 315. The van der Waals surface area contributed by atoms with E-state index in [0.29, 0.717) is 0 Å². The van der Waals surface area contributed by atoms with Crippen molar-refractivity contribution < 1.29 is 0 Å². The summed E-state index contributed by atoms with van der Waals surface area (Å²) in [5, 5.41) is 0. The lowest BCUT2D eigenvalue weighted by molar-refractivity contribution is 1.39. The van der Waals surface area contributed by atoms with Gasteiger partial charge >= 0.3 is 0 Å². The van der Waals surface area contributed by atoms with E-state index in [9.17, 15) is 0 Å². The molecule has 0 atom stereocenters. The molecule has 0 saturated carbocycles. The second-order valence-electron chi connectivity index (χ2n) is 2.93. The third kappa shape index (κ3) is 4.05. The van der Waals surface area contributed by atoms with Crippen molar-refractivity contribution in [1.29, 1.82) is 0 Å². The van der Waals surface area contributed by atoms with Crippen molar-refractivity contribution in [2.75, 3.05) is 5.73 Å². The van der Waals surface area contributed by atoms with Gasteiger partial charge in [-0.05, 0) is 36.8 Å². The molecular weight excluding hydrogens is 192 g/mol. The Labute approximate surface area is 89.7 Å². The van der Waals surface area contributed by atoms with E-state index in [1.54, 1.807) is 0 Å². The summed E-state index contributed by atoms with van der Waals surface area (Å²) in [5.41, 5.74) is 12.4. The van der Waals surface area contributed by atoms with Crippen molar-refractivity contribution in [3.05, 3.63) is 48.2 Å². The van der Waals surface area contributed by atoms with Gasteiger partial charge in [0.25, 0.3) is 0 Å². The van der Waals surface area contributed by atoms with Gasteiger partial charge < -0.3 is 11.5 Å². The Balaban J connectivity index is 0.000000146. The molecule has 0 amide bonds. The summed E-state index contributed by atoms with van der Waals surface area (Å²) in [6, 6.07) is 7.36. The number of thiol groups is 1. The zero-order valence-electron chi connectivity index (χ0n) is 7.85. The number of allylic oxidation sites excluding steroid dienone is 3. The number of benzene rings is 1. The van der Waals surface area contributed by atoms with Gasteiger partial charge in [-0.3, -0.25) is 0 Å². The van der Waals surface area contributed by atoms with E-state index in [4.69, 9.17) is 11.5 Å². The zero-order chi connectivity index (χ0) is 10.4. The molecule has 1 aromatic rings. The molecule has 0 spiro atoms. The highest BCUT2D eigenvalue weighted by Gasteiger charge is 1.85. The first-order chi connectivity index (χ1) is 6.68. The lowest BCUT2D eigenvalue weighted by Crippen LogP contribution is -1.86. The highest BCUT2D eigenvalue weighted by molar-refractivity contribution is 7.80. The quantitative estimate of drug-likeness (QED) is 0.451. The molecule has 3 heteroatoms. The van der Waals surface area contributed by atoms with Crippen LogP contribution >= 0.6 is 12.6 Å². The normalized spacial score (nSPS) is 13.1. The molecule has 4 N–H and O–H groups in total. The summed E-state index contributed by atoms with van der Waals surface area (Å²) < 4.78 is 0. The molecule has 0 aliphatic heterocycles. The molecule has 0 bridgehead atoms. The number of hydrogen-bond acceptors (Lipinski definition) is 3. The summed E-state index contributed by atoms with van der Waals surface area (Å²) >= 11 is 4.08. The Morgan fingerprint density at radius 2 is 1.71 bits per heavy atom. The molecule has 1 aliphatic rings. The van der Waals surface area contributed by atoms with Gasteiger partial charge in [0.2, 0.25) is 0 Å². The van der Waals surface area contributed by atoms with E-state index in [1.165, 1.54) is 0 Å². The molecule has 0 aromatic heterocycles. The van der Waals surface area contributed by atoms with E-state index < -0.39 is 0 Å². The SMILES string of the molecule is NC1=CCC=C1.Nc1ccc(S)cc1. The van der Waals surface area contributed by atoms with Gasteiger partial charge in [-0.25, -0.2) is 0 Å². The molecule has 0 unspecified atom stereocenters. The van der Waals surface area contributed by atoms with Gasteiger partial charge in [-0.15, -0.1) is 12.6 Å². The Kier molecular flexibility index (Phi) is 4.13. The lowest BCUT2D eigenvalue weighted by Gasteiger charge is -1.89. The number of nitrogen functional groups attached to an aromatic ring is 1. The standard InChI is InChI=1S/C6H7NS.C5H7N/c7-5-1-3-6(8)4-2-5;6-5-3-1-2-4-5/h1-4,8H,7H2;1,3-4H,2,6H2. The first-order valence-corrected chi connectivity index (χ1v) is 4.80. The fourth-order valence-corrected chi connectivity index (χ4v) is 1.10. The summed E-state index contributed by atoms with van der Waals surface area (Å²) in [7, 11) is 0. The molecule has 0 fully saturated rings. The highest BCUT2D eigenvalue weighted by atomic mass is 32.1. The lowest BCUT2D eigenvalue weighted by atomic mass is 10.3.